The van der Waals surface area contributed by atoms with Gasteiger partial charge in [-0.05, 0) is 35.4 Å². The topological polar surface area (TPSA) is 69.7 Å². The molecule has 0 aliphatic heterocycles. The van der Waals surface area contributed by atoms with Gasteiger partial charge in [0.15, 0.2) is 5.78 Å². The van der Waals surface area contributed by atoms with Crippen LogP contribution in [0.15, 0.2) is 78.9 Å². The van der Waals surface area contributed by atoms with E-state index < -0.39 is 30.1 Å². The number of carbonyl (C=O) groups is 3. The lowest BCUT2D eigenvalue weighted by Gasteiger charge is -2.32. The Morgan fingerprint density at radius 3 is 1.39 bits per heavy atom. The summed E-state index contributed by atoms with van der Waals surface area (Å²) < 4.78 is 11.3. The van der Waals surface area contributed by atoms with Gasteiger partial charge in [0.25, 0.3) is 0 Å². The lowest BCUT2D eigenvalue weighted by Crippen LogP contribution is -2.33. The fourth-order valence-corrected chi connectivity index (χ4v) is 3.84. The van der Waals surface area contributed by atoms with Gasteiger partial charge in [-0.15, -0.1) is 0 Å². The molecular weight excluding hydrogens is 463 g/mol. The van der Waals surface area contributed by atoms with Gasteiger partial charge >= 0.3 is 11.9 Å². The van der Waals surface area contributed by atoms with Crippen LogP contribution in [-0.4, -0.2) is 17.7 Å². The van der Waals surface area contributed by atoms with E-state index in [1.807, 2.05) is 0 Å². The molecule has 3 rings (SSSR count). The first kappa shape index (κ1) is 24.5. The number of carbonyl (C=O) groups excluding carboxylic acids is 3. The number of hydrogen-bond acceptors (Lipinski definition) is 5. The zero-order valence-corrected chi connectivity index (χ0v) is 19.5. The fraction of sp³-hybridized carbons (Fsp3) is 0.192. The molecule has 7 heteroatoms. The van der Waals surface area contributed by atoms with Gasteiger partial charge in [0.2, 0.25) is 0 Å². The van der Waals surface area contributed by atoms with E-state index in [2.05, 4.69) is 0 Å². The molecule has 0 spiro atoms. The molecule has 0 fully saturated rings. The minimum atomic E-state index is -1.08. The van der Waals surface area contributed by atoms with Crippen molar-refractivity contribution in [3.63, 3.8) is 0 Å². The Balaban J connectivity index is 2.21. The second kappa shape index (κ2) is 11.1. The smallest absolute Gasteiger partial charge is 0.303 e. The molecule has 3 aromatic carbocycles. The maximum Gasteiger partial charge on any atom is 0.303 e. The molecule has 170 valence electrons. The van der Waals surface area contributed by atoms with E-state index in [9.17, 15) is 14.4 Å². The summed E-state index contributed by atoms with van der Waals surface area (Å²) in [5.41, 5.74) is 1.46. The first-order chi connectivity index (χ1) is 15.8. The first-order valence-electron chi connectivity index (χ1n) is 10.2. The molecule has 5 nitrogen and oxygen atoms in total. The fourth-order valence-electron chi connectivity index (χ4n) is 3.59. The van der Waals surface area contributed by atoms with Crippen LogP contribution in [0.25, 0.3) is 0 Å². The number of ether oxygens (including phenoxy) is 2. The average molecular weight is 485 g/mol. The van der Waals surface area contributed by atoms with Crippen molar-refractivity contribution >= 4 is 40.9 Å². The second-order valence-corrected chi connectivity index (χ2v) is 8.29. The highest BCUT2D eigenvalue weighted by Gasteiger charge is 2.41. The SMILES string of the molecule is CC(=O)O[C@H](c1ccc(Cl)cc1)C(C(=O)c1ccccc1)[C@@H](OC(C)=O)c1ccc(Cl)cc1. The number of benzene rings is 3. The Morgan fingerprint density at radius 2 is 1.03 bits per heavy atom. The van der Waals surface area contributed by atoms with Gasteiger partial charge < -0.3 is 9.47 Å². The second-order valence-electron chi connectivity index (χ2n) is 7.42. The van der Waals surface area contributed by atoms with E-state index in [0.29, 0.717) is 26.7 Å². The summed E-state index contributed by atoms with van der Waals surface area (Å²) in [5.74, 6) is -2.60. The highest BCUT2D eigenvalue weighted by atomic mass is 35.5. The number of hydrogen-bond donors (Lipinski definition) is 0. The molecule has 3 aromatic rings. The van der Waals surface area contributed by atoms with E-state index in [4.69, 9.17) is 32.7 Å². The highest BCUT2D eigenvalue weighted by Crippen LogP contribution is 2.41. The van der Waals surface area contributed by atoms with Crippen molar-refractivity contribution in [3.8, 4) is 0 Å². The summed E-state index contributed by atoms with van der Waals surface area (Å²) >= 11 is 12.1. The maximum absolute atomic E-state index is 13.8. The van der Waals surface area contributed by atoms with Crippen molar-refractivity contribution in [3.05, 3.63) is 106 Å². The molecule has 33 heavy (non-hydrogen) atoms. The molecule has 0 amide bonds. The van der Waals surface area contributed by atoms with Gasteiger partial charge in [-0.25, -0.2) is 0 Å². The average Bonchev–Trinajstić information content (AvgIpc) is 2.79. The van der Waals surface area contributed by atoms with Gasteiger partial charge in [-0.2, -0.15) is 0 Å². The number of rotatable bonds is 8. The third kappa shape index (κ3) is 6.44. The van der Waals surface area contributed by atoms with Crippen molar-refractivity contribution in [1.82, 2.24) is 0 Å². The molecule has 1 unspecified atom stereocenters. The van der Waals surface area contributed by atoms with Crippen molar-refractivity contribution in [2.24, 2.45) is 5.92 Å². The minimum absolute atomic E-state index is 0.349. The van der Waals surface area contributed by atoms with Crippen LogP contribution in [0, 0.1) is 5.92 Å². The van der Waals surface area contributed by atoms with E-state index in [1.54, 1.807) is 78.9 Å². The lowest BCUT2D eigenvalue weighted by molar-refractivity contribution is -0.157. The van der Waals surface area contributed by atoms with E-state index >= 15 is 0 Å². The van der Waals surface area contributed by atoms with Crippen LogP contribution in [-0.2, 0) is 19.1 Å². The Kier molecular flexibility index (Phi) is 8.26. The molecule has 0 aromatic heterocycles. The van der Waals surface area contributed by atoms with Gasteiger partial charge in [0.05, 0.1) is 0 Å². The summed E-state index contributed by atoms with van der Waals surface area (Å²) in [4.78, 5) is 38.0. The van der Waals surface area contributed by atoms with Crippen LogP contribution < -0.4 is 0 Å². The predicted octanol–water partition coefficient (Wildman–Crippen LogP) is 6.40. The van der Waals surface area contributed by atoms with Gasteiger partial charge in [0.1, 0.15) is 18.1 Å². The molecule has 0 bridgehead atoms. The molecule has 0 heterocycles. The Labute approximate surface area is 202 Å². The van der Waals surface area contributed by atoms with Crippen molar-refractivity contribution < 1.29 is 23.9 Å². The quantitative estimate of drug-likeness (QED) is 0.273. The maximum atomic E-state index is 13.8. The van der Waals surface area contributed by atoms with Crippen LogP contribution in [0.3, 0.4) is 0 Å². The van der Waals surface area contributed by atoms with Crippen molar-refractivity contribution in [2.75, 3.05) is 0 Å². The zero-order valence-electron chi connectivity index (χ0n) is 18.0. The molecule has 0 aliphatic rings. The number of ketones is 1. The molecule has 3 atom stereocenters. The van der Waals surface area contributed by atoms with Gasteiger partial charge in [-0.1, -0.05) is 77.8 Å². The number of halogens is 2. The van der Waals surface area contributed by atoms with E-state index in [-0.39, 0.29) is 5.78 Å². The van der Waals surface area contributed by atoms with E-state index in [1.165, 1.54) is 13.8 Å². The monoisotopic (exact) mass is 484 g/mol. The Hall–Kier alpha value is -3.15. The molecule has 0 N–H and O–H groups in total. The minimum Gasteiger partial charge on any atom is -0.457 e. The molecule has 0 saturated heterocycles. The van der Waals surface area contributed by atoms with Crippen LogP contribution in [0.1, 0.15) is 47.5 Å². The summed E-state index contributed by atoms with van der Waals surface area (Å²) in [7, 11) is 0. The van der Waals surface area contributed by atoms with Crippen LogP contribution >= 0.6 is 23.2 Å². The largest absolute Gasteiger partial charge is 0.457 e. The van der Waals surface area contributed by atoms with Crippen molar-refractivity contribution in [1.29, 1.82) is 0 Å². The third-order valence-electron chi connectivity index (χ3n) is 5.00. The summed E-state index contributed by atoms with van der Waals surface area (Å²) in [6.07, 6.45) is -2.10. The summed E-state index contributed by atoms with van der Waals surface area (Å²) in [5, 5.41) is 0.973. The molecular formula is C26H22Cl2O5. The van der Waals surface area contributed by atoms with Crippen LogP contribution in [0.2, 0.25) is 10.0 Å². The molecule has 0 radical (unpaired) electrons. The number of esters is 2. The first-order valence-corrected chi connectivity index (χ1v) is 11.0. The normalized spacial score (nSPS) is 13.5. The van der Waals surface area contributed by atoms with E-state index in [0.717, 1.165) is 0 Å². The summed E-state index contributed by atoms with van der Waals surface area (Å²) in [6, 6.07) is 21.8. The third-order valence-corrected chi connectivity index (χ3v) is 5.50. The lowest BCUT2D eigenvalue weighted by atomic mass is 9.81. The Bertz CT molecular complexity index is 1050. The van der Waals surface area contributed by atoms with Crippen LogP contribution in [0.4, 0.5) is 0 Å². The number of Topliss-reactive ketones (excluding diaryl/α,β-unsaturated/α-hetero) is 1. The summed E-state index contributed by atoms with van der Waals surface area (Å²) in [6.45, 7) is 2.52. The predicted molar refractivity (Wildman–Crippen MR) is 126 cm³/mol. The van der Waals surface area contributed by atoms with Crippen LogP contribution in [0.5, 0.6) is 0 Å². The van der Waals surface area contributed by atoms with Gasteiger partial charge in [0, 0.05) is 29.5 Å². The molecule has 0 aliphatic carbocycles. The Morgan fingerprint density at radius 1 is 0.636 bits per heavy atom. The highest BCUT2D eigenvalue weighted by molar-refractivity contribution is 6.30. The van der Waals surface area contributed by atoms with Crippen molar-refractivity contribution in [2.45, 2.75) is 26.1 Å². The standard InChI is InChI=1S/C26H22Cl2O5/c1-16(29)32-25(19-8-12-21(27)13-9-19)23(24(31)18-6-4-3-5-7-18)26(33-17(2)30)20-10-14-22(28)15-11-20/h3-15,23,25-26H,1-2H3/t23?,25-,26+. The van der Waals surface area contributed by atoms with Gasteiger partial charge in [-0.3, -0.25) is 14.4 Å². The zero-order chi connectivity index (χ0) is 24.0. The molecule has 0 saturated carbocycles.